The predicted molar refractivity (Wildman–Crippen MR) is 192 cm³/mol. The van der Waals surface area contributed by atoms with E-state index in [1.54, 1.807) is 31.4 Å². The molecule has 3 amide bonds. The van der Waals surface area contributed by atoms with Gasteiger partial charge in [-0.15, -0.1) is 0 Å². The van der Waals surface area contributed by atoms with Crippen LogP contribution in [0.5, 0.6) is 5.75 Å². The first kappa shape index (κ1) is 31.7. The van der Waals surface area contributed by atoms with Crippen LogP contribution >= 0.6 is 23.1 Å². The molecule has 48 heavy (non-hydrogen) atoms. The molecule has 3 unspecified atom stereocenters. The van der Waals surface area contributed by atoms with Gasteiger partial charge in [0.05, 0.1) is 23.7 Å². The second-order valence-corrected chi connectivity index (χ2v) is 13.8. The van der Waals surface area contributed by atoms with Crippen molar-refractivity contribution >= 4 is 68.7 Å². The Morgan fingerprint density at radius 1 is 0.875 bits per heavy atom. The van der Waals surface area contributed by atoms with Gasteiger partial charge in [0.25, 0.3) is 0 Å². The molecular formula is C37H34N4O5S2. The van der Waals surface area contributed by atoms with Crippen molar-refractivity contribution < 1.29 is 19.1 Å². The van der Waals surface area contributed by atoms with Gasteiger partial charge in [-0.2, -0.15) is 0 Å². The van der Waals surface area contributed by atoms with Gasteiger partial charge in [-0.05, 0) is 67.3 Å². The molecule has 0 aliphatic carbocycles. The Morgan fingerprint density at radius 3 is 2.29 bits per heavy atom. The Balaban J connectivity index is 1.27. The van der Waals surface area contributed by atoms with Gasteiger partial charge < -0.3 is 15.0 Å². The molecule has 1 fully saturated rings. The SMILES string of the molecule is CCN(CC)c1ccc(C2c3sc(=O)n(CC(=O)Nc4cccc5ccccc45)c3SC3C(=O)N(c4ccc(OC)cc4)C(=O)C32)cc1. The number of fused-ring (bicyclic) bond motifs is 3. The fraction of sp³-hybridized carbons (Fsp3) is 0.243. The molecule has 1 N–H and O–H groups in total. The lowest BCUT2D eigenvalue weighted by Gasteiger charge is -2.31. The first-order valence-electron chi connectivity index (χ1n) is 15.9. The van der Waals surface area contributed by atoms with E-state index in [0.29, 0.717) is 27.0 Å². The first-order valence-corrected chi connectivity index (χ1v) is 17.6. The average Bonchev–Trinajstić information content (AvgIpc) is 3.55. The molecule has 0 saturated carbocycles. The van der Waals surface area contributed by atoms with Crippen LogP contribution in [0.3, 0.4) is 0 Å². The Kier molecular flexibility index (Phi) is 8.57. The Bertz CT molecular complexity index is 2080. The van der Waals surface area contributed by atoms with Crippen LogP contribution in [0, 0.1) is 5.92 Å². The number of hydrogen-bond acceptors (Lipinski definition) is 8. The van der Waals surface area contributed by atoms with E-state index in [0.717, 1.165) is 46.4 Å². The Morgan fingerprint density at radius 2 is 1.58 bits per heavy atom. The minimum atomic E-state index is -0.777. The van der Waals surface area contributed by atoms with E-state index in [-0.39, 0.29) is 29.1 Å². The van der Waals surface area contributed by atoms with Crippen LogP contribution in [0.2, 0.25) is 0 Å². The summed E-state index contributed by atoms with van der Waals surface area (Å²) in [5.74, 6) is -1.67. The summed E-state index contributed by atoms with van der Waals surface area (Å²) in [7, 11) is 1.56. The molecular weight excluding hydrogens is 645 g/mol. The Hall–Kier alpha value is -4.87. The number of ether oxygens (including phenoxy) is 1. The number of amides is 3. The molecule has 4 aromatic carbocycles. The van der Waals surface area contributed by atoms with Crippen LogP contribution < -0.4 is 24.7 Å². The quantitative estimate of drug-likeness (QED) is 0.181. The second kappa shape index (κ2) is 13.0. The number of nitrogens with zero attached hydrogens (tertiary/aromatic N) is 3. The van der Waals surface area contributed by atoms with Gasteiger partial charge in [0.2, 0.25) is 17.7 Å². The zero-order valence-electron chi connectivity index (χ0n) is 26.7. The summed E-state index contributed by atoms with van der Waals surface area (Å²) in [4.78, 5) is 59.3. The standard InChI is InChI=1S/C37H34N4O5S2/c1-4-39(5-2)24-15-13-23(14-16-24)30-31-32(35(44)41(34(31)43)25-17-19-26(46-3)20-18-25)47-36-33(30)48-37(45)40(36)21-29(42)38-28-12-8-10-22-9-6-7-11-27(22)28/h6-20,30-32H,4-5,21H2,1-3H3,(H,38,42). The third-order valence-electron chi connectivity index (χ3n) is 9.13. The highest BCUT2D eigenvalue weighted by Crippen LogP contribution is 2.54. The number of methoxy groups -OCH3 is 1. The summed E-state index contributed by atoms with van der Waals surface area (Å²) >= 11 is 2.25. The highest BCUT2D eigenvalue weighted by molar-refractivity contribution is 8.00. The van der Waals surface area contributed by atoms with Crippen molar-refractivity contribution in [3.8, 4) is 5.75 Å². The maximum atomic E-state index is 14.3. The number of benzene rings is 4. The summed E-state index contributed by atoms with van der Waals surface area (Å²) < 4.78 is 6.74. The largest absolute Gasteiger partial charge is 0.497 e. The van der Waals surface area contributed by atoms with E-state index >= 15 is 0 Å². The number of carbonyl (C=O) groups is 3. The lowest BCUT2D eigenvalue weighted by molar-refractivity contribution is -0.122. The predicted octanol–water partition coefficient (Wildman–Crippen LogP) is 6.35. The van der Waals surface area contributed by atoms with E-state index in [9.17, 15) is 19.2 Å². The summed E-state index contributed by atoms with van der Waals surface area (Å²) in [6.07, 6.45) is 0. The third-order valence-corrected chi connectivity index (χ3v) is 11.7. The van der Waals surface area contributed by atoms with Gasteiger partial charge in [0.15, 0.2) is 0 Å². The summed E-state index contributed by atoms with van der Waals surface area (Å²) in [5.41, 5.74) is 3.01. The smallest absolute Gasteiger partial charge is 0.308 e. The first-order chi connectivity index (χ1) is 23.3. The molecule has 11 heteroatoms. The maximum absolute atomic E-state index is 14.3. The molecule has 0 spiro atoms. The van der Waals surface area contributed by atoms with Gasteiger partial charge in [0, 0.05) is 40.6 Å². The number of imide groups is 1. The van der Waals surface area contributed by atoms with Crippen molar-refractivity contribution in [1.29, 1.82) is 0 Å². The molecule has 0 radical (unpaired) electrons. The zero-order chi connectivity index (χ0) is 33.5. The number of carbonyl (C=O) groups excluding carboxylic acids is 3. The minimum Gasteiger partial charge on any atom is -0.497 e. The average molecular weight is 679 g/mol. The van der Waals surface area contributed by atoms with E-state index in [1.165, 1.54) is 21.2 Å². The van der Waals surface area contributed by atoms with Gasteiger partial charge in [-0.25, -0.2) is 4.90 Å². The minimum absolute atomic E-state index is 0.226. The second-order valence-electron chi connectivity index (χ2n) is 11.7. The molecule has 2 aliphatic heterocycles. The van der Waals surface area contributed by atoms with Crippen LogP contribution in [-0.4, -0.2) is 47.7 Å². The van der Waals surface area contributed by atoms with Crippen LogP contribution in [0.15, 0.2) is 101 Å². The van der Waals surface area contributed by atoms with Gasteiger partial charge in [0.1, 0.15) is 17.5 Å². The normalized spacial score (nSPS) is 18.5. The van der Waals surface area contributed by atoms with E-state index in [1.807, 2.05) is 66.7 Å². The van der Waals surface area contributed by atoms with Crippen LogP contribution in [0.4, 0.5) is 17.1 Å². The number of thiazole rings is 1. The number of thioether (sulfide) groups is 1. The molecule has 7 rings (SSSR count). The van der Waals surface area contributed by atoms with Crippen LogP contribution in [0.1, 0.15) is 30.2 Å². The fourth-order valence-corrected chi connectivity index (χ4v) is 9.52. The fourth-order valence-electron chi connectivity index (χ4n) is 6.75. The summed E-state index contributed by atoms with van der Waals surface area (Å²) in [6.45, 7) is 5.66. The van der Waals surface area contributed by atoms with E-state index in [2.05, 4.69) is 24.1 Å². The van der Waals surface area contributed by atoms with E-state index < -0.39 is 17.1 Å². The van der Waals surface area contributed by atoms with Gasteiger partial charge >= 0.3 is 4.87 Å². The molecule has 9 nitrogen and oxygen atoms in total. The maximum Gasteiger partial charge on any atom is 0.308 e. The molecule has 244 valence electrons. The van der Waals surface area contributed by atoms with Crippen molar-refractivity contribution in [2.24, 2.45) is 5.92 Å². The number of hydrogen-bond donors (Lipinski definition) is 1. The van der Waals surface area contributed by atoms with Crippen molar-refractivity contribution in [3.05, 3.63) is 111 Å². The highest BCUT2D eigenvalue weighted by Gasteiger charge is 2.56. The molecule has 3 heterocycles. The molecule has 1 aromatic heterocycles. The summed E-state index contributed by atoms with van der Waals surface area (Å²) in [6, 6.07) is 28.3. The molecule has 0 bridgehead atoms. The molecule has 3 atom stereocenters. The van der Waals surface area contributed by atoms with E-state index in [4.69, 9.17) is 4.74 Å². The highest BCUT2D eigenvalue weighted by atomic mass is 32.2. The number of anilines is 3. The third kappa shape index (κ3) is 5.46. The number of rotatable bonds is 9. The zero-order valence-corrected chi connectivity index (χ0v) is 28.3. The summed E-state index contributed by atoms with van der Waals surface area (Å²) in [5, 5.41) is 4.64. The monoisotopic (exact) mass is 678 g/mol. The molecule has 1 saturated heterocycles. The van der Waals surface area contributed by atoms with Crippen molar-refractivity contribution in [3.63, 3.8) is 0 Å². The lowest BCUT2D eigenvalue weighted by Crippen LogP contribution is -2.33. The molecule has 2 aliphatic rings. The van der Waals surface area contributed by atoms with Gasteiger partial charge in [-0.1, -0.05) is 71.6 Å². The number of nitrogens with one attached hydrogen (secondary N) is 1. The van der Waals surface area contributed by atoms with Crippen molar-refractivity contribution in [2.45, 2.75) is 36.6 Å². The van der Waals surface area contributed by atoms with Crippen molar-refractivity contribution in [2.75, 3.05) is 35.3 Å². The van der Waals surface area contributed by atoms with Crippen molar-refractivity contribution in [1.82, 2.24) is 4.57 Å². The van der Waals surface area contributed by atoms with Crippen LogP contribution in [0.25, 0.3) is 10.8 Å². The Labute approximate surface area is 286 Å². The van der Waals surface area contributed by atoms with Crippen LogP contribution in [-0.2, 0) is 20.9 Å². The number of aromatic nitrogens is 1. The molecule has 5 aromatic rings. The van der Waals surface area contributed by atoms with Gasteiger partial charge in [-0.3, -0.25) is 23.7 Å². The topological polar surface area (TPSA) is 101 Å². The lowest BCUT2D eigenvalue weighted by atomic mass is 9.83.